The Balaban J connectivity index is 1.48. The summed E-state index contributed by atoms with van der Waals surface area (Å²) in [6, 6.07) is 20.1. The van der Waals surface area contributed by atoms with Gasteiger partial charge in [-0.15, -0.1) is 0 Å². The number of anilines is 1. The Labute approximate surface area is 197 Å². The van der Waals surface area contributed by atoms with E-state index >= 15 is 0 Å². The maximum Gasteiger partial charge on any atom is 0.338 e. The van der Waals surface area contributed by atoms with Crippen LogP contribution in [-0.4, -0.2) is 28.7 Å². The molecule has 0 unspecified atom stereocenters. The summed E-state index contributed by atoms with van der Waals surface area (Å²) in [5.74, 6) is 0.289. The zero-order valence-electron chi connectivity index (χ0n) is 19.1. The lowest BCUT2D eigenvalue weighted by Gasteiger charge is -2.15. The van der Waals surface area contributed by atoms with Crippen molar-refractivity contribution in [3.05, 3.63) is 88.8 Å². The molecule has 0 spiro atoms. The second-order valence-electron chi connectivity index (χ2n) is 7.85. The van der Waals surface area contributed by atoms with E-state index in [0.717, 1.165) is 17.4 Å². The monoisotopic (exact) mass is 457 g/mol. The van der Waals surface area contributed by atoms with E-state index in [-0.39, 0.29) is 23.8 Å². The van der Waals surface area contributed by atoms with Crippen LogP contribution in [0.2, 0.25) is 0 Å². The van der Waals surface area contributed by atoms with Crippen molar-refractivity contribution in [2.24, 2.45) is 0 Å². The molecule has 4 aromatic rings. The highest BCUT2D eigenvalue weighted by Crippen LogP contribution is 2.33. The topological polar surface area (TPSA) is 96.4 Å². The van der Waals surface area contributed by atoms with Gasteiger partial charge in [0.1, 0.15) is 17.1 Å². The number of benzene rings is 2. The van der Waals surface area contributed by atoms with Crippen LogP contribution in [-0.2, 0) is 11.3 Å². The number of aromatic nitrogens is 2. The highest BCUT2D eigenvalue weighted by molar-refractivity contribution is 5.99. The molecule has 2 heterocycles. The standard InChI is InChI=1S/C27H27N3O4/c1-2-15-30-25-22(13-7-14-29-25)23(24(28)26(30)31)20-11-6-12-21(18-20)33-16-8-17-34-27(32)19-9-4-3-5-10-19/h3-7,9-14,18H,2,8,15-17,28H2,1H3. The molecule has 4 rings (SSSR count). The normalized spacial score (nSPS) is 10.9. The van der Waals surface area contributed by atoms with E-state index in [1.54, 1.807) is 35.0 Å². The molecule has 0 aliphatic carbocycles. The van der Waals surface area contributed by atoms with Gasteiger partial charge < -0.3 is 15.2 Å². The van der Waals surface area contributed by atoms with Crippen LogP contribution in [0.5, 0.6) is 5.75 Å². The summed E-state index contributed by atoms with van der Waals surface area (Å²) in [5, 5.41) is 0.818. The molecule has 0 saturated heterocycles. The van der Waals surface area contributed by atoms with Gasteiger partial charge in [0.2, 0.25) is 0 Å². The minimum Gasteiger partial charge on any atom is -0.493 e. The third kappa shape index (κ3) is 4.93. The zero-order chi connectivity index (χ0) is 23.9. The van der Waals surface area contributed by atoms with Crippen molar-refractivity contribution < 1.29 is 14.3 Å². The smallest absolute Gasteiger partial charge is 0.338 e. The Morgan fingerprint density at radius 3 is 2.65 bits per heavy atom. The van der Waals surface area contributed by atoms with Gasteiger partial charge in [-0.25, -0.2) is 9.78 Å². The average molecular weight is 458 g/mol. The summed E-state index contributed by atoms with van der Waals surface area (Å²) in [6.45, 7) is 3.19. The van der Waals surface area contributed by atoms with Gasteiger partial charge in [-0.3, -0.25) is 9.36 Å². The Morgan fingerprint density at radius 2 is 1.85 bits per heavy atom. The van der Waals surface area contributed by atoms with Crippen LogP contribution < -0.4 is 16.0 Å². The fourth-order valence-corrected chi connectivity index (χ4v) is 3.86. The Hall–Kier alpha value is -4.13. The lowest BCUT2D eigenvalue weighted by molar-refractivity contribution is 0.0486. The quantitative estimate of drug-likeness (QED) is 0.290. The SMILES string of the molecule is CCCn1c(=O)c(N)c(-c2cccc(OCCCOC(=O)c3ccccc3)c2)c2cccnc21. The number of ether oxygens (including phenoxy) is 2. The summed E-state index contributed by atoms with van der Waals surface area (Å²) < 4.78 is 12.8. The Morgan fingerprint density at radius 1 is 1.03 bits per heavy atom. The van der Waals surface area contributed by atoms with Crippen LogP contribution in [0, 0.1) is 0 Å². The number of carbonyl (C=O) groups is 1. The van der Waals surface area contributed by atoms with E-state index in [0.29, 0.717) is 42.1 Å². The first kappa shape index (κ1) is 23.0. The first-order chi connectivity index (χ1) is 16.6. The molecule has 174 valence electrons. The van der Waals surface area contributed by atoms with Crippen LogP contribution in [0.25, 0.3) is 22.2 Å². The summed E-state index contributed by atoms with van der Waals surface area (Å²) >= 11 is 0. The van der Waals surface area contributed by atoms with E-state index in [1.165, 1.54) is 0 Å². The van der Waals surface area contributed by atoms with Gasteiger partial charge in [0.15, 0.2) is 0 Å². The number of rotatable bonds is 9. The van der Waals surface area contributed by atoms with Crippen molar-refractivity contribution in [1.82, 2.24) is 9.55 Å². The predicted octanol–water partition coefficient (Wildman–Crippen LogP) is 4.68. The molecule has 0 aliphatic rings. The van der Waals surface area contributed by atoms with Crippen LogP contribution >= 0.6 is 0 Å². The second kappa shape index (κ2) is 10.7. The van der Waals surface area contributed by atoms with Crippen molar-refractivity contribution in [1.29, 1.82) is 0 Å². The molecule has 0 radical (unpaired) electrons. The van der Waals surface area contributed by atoms with Crippen LogP contribution in [0.15, 0.2) is 77.7 Å². The third-order valence-electron chi connectivity index (χ3n) is 5.43. The number of hydrogen-bond acceptors (Lipinski definition) is 6. The van der Waals surface area contributed by atoms with Crippen molar-refractivity contribution in [2.45, 2.75) is 26.3 Å². The molecule has 0 bridgehead atoms. The number of nitrogen functional groups attached to an aromatic ring is 1. The zero-order valence-corrected chi connectivity index (χ0v) is 19.1. The maximum atomic E-state index is 13.0. The molecule has 2 aromatic carbocycles. The van der Waals surface area contributed by atoms with Crippen LogP contribution in [0.4, 0.5) is 5.69 Å². The Bertz CT molecular complexity index is 1350. The molecule has 0 fully saturated rings. The fraction of sp³-hybridized carbons (Fsp3) is 0.222. The molecule has 34 heavy (non-hydrogen) atoms. The molecule has 0 aliphatic heterocycles. The largest absolute Gasteiger partial charge is 0.493 e. The van der Waals surface area contributed by atoms with Crippen molar-refractivity contribution in [3.63, 3.8) is 0 Å². The highest BCUT2D eigenvalue weighted by Gasteiger charge is 2.17. The molecule has 2 N–H and O–H groups in total. The molecule has 0 saturated carbocycles. The molecule has 0 amide bonds. The van der Waals surface area contributed by atoms with Gasteiger partial charge in [-0.1, -0.05) is 37.3 Å². The van der Waals surface area contributed by atoms with Gasteiger partial charge in [-0.2, -0.15) is 0 Å². The number of nitrogens with two attached hydrogens (primary N) is 1. The maximum absolute atomic E-state index is 13.0. The molecular formula is C27H27N3O4. The van der Waals surface area contributed by atoms with Gasteiger partial charge >= 0.3 is 5.97 Å². The first-order valence-corrected chi connectivity index (χ1v) is 11.3. The first-order valence-electron chi connectivity index (χ1n) is 11.3. The number of nitrogens with zero attached hydrogens (tertiary/aromatic N) is 2. The minimum atomic E-state index is -0.351. The molecule has 2 aromatic heterocycles. The number of aryl methyl sites for hydroxylation is 1. The lowest BCUT2D eigenvalue weighted by atomic mass is 10.0. The van der Waals surface area contributed by atoms with Gasteiger partial charge in [-0.05, 0) is 48.4 Å². The molecule has 0 atom stereocenters. The van der Waals surface area contributed by atoms with Gasteiger partial charge in [0.05, 0.1) is 18.8 Å². The van der Waals surface area contributed by atoms with E-state index < -0.39 is 0 Å². The number of carbonyl (C=O) groups excluding carboxylic acids is 1. The van der Waals surface area contributed by atoms with Crippen LogP contribution in [0.1, 0.15) is 30.1 Å². The van der Waals surface area contributed by atoms with Crippen molar-refractivity contribution >= 4 is 22.7 Å². The molecule has 7 nitrogen and oxygen atoms in total. The number of fused-ring (bicyclic) bond motifs is 1. The number of esters is 1. The molecule has 7 heteroatoms. The van der Waals surface area contributed by atoms with Gasteiger partial charge in [0.25, 0.3) is 5.56 Å². The van der Waals surface area contributed by atoms with Crippen LogP contribution in [0.3, 0.4) is 0 Å². The van der Waals surface area contributed by atoms with E-state index in [1.807, 2.05) is 49.4 Å². The predicted molar refractivity (Wildman–Crippen MR) is 133 cm³/mol. The Kier molecular flexibility index (Phi) is 7.22. The molecular weight excluding hydrogens is 430 g/mol. The fourth-order valence-electron chi connectivity index (χ4n) is 3.86. The van der Waals surface area contributed by atoms with E-state index in [4.69, 9.17) is 15.2 Å². The van der Waals surface area contributed by atoms with E-state index in [9.17, 15) is 9.59 Å². The lowest BCUT2D eigenvalue weighted by Crippen LogP contribution is -2.25. The minimum absolute atomic E-state index is 0.193. The average Bonchev–Trinajstić information content (AvgIpc) is 2.87. The van der Waals surface area contributed by atoms with Gasteiger partial charge in [0, 0.05) is 30.1 Å². The summed E-state index contributed by atoms with van der Waals surface area (Å²) in [7, 11) is 0. The van der Waals surface area contributed by atoms with E-state index in [2.05, 4.69) is 4.98 Å². The summed E-state index contributed by atoms with van der Waals surface area (Å²) in [6.07, 6.45) is 3.03. The summed E-state index contributed by atoms with van der Waals surface area (Å²) in [4.78, 5) is 29.4. The summed E-state index contributed by atoms with van der Waals surface area (Å²) in [5.41, 5.74) is 8.86. The number of hydrogen-bond donors (Lipinski definition) is 1. The third-order valence-corrected chi connectivity index (χ3v) is 5.43. The van der Waals surface area contributed by atoms with Crippen molar-refractivity contribution in [2.75, 3.05) is 18.9 Å². The number of pyridine rings is 2. The second-order valence-corrected chi connectivity index (χ2v) is 7.85. The highest BCUT2D eigenvalue weighted by atomic mass is 16.5. The van der Waals surface area contributed by atoms with Crippen molar-refractivity contribution in [3.8, 4) is 16.9 Å².